The number of hydrogen-bond acceptors (Lipinski definition) is 4. The first kappa shape index (κ1) is 13.0. The average Bonchev–Trinajstić information content (AvgIpc) is 2.77. The Balaban J connectivity index is 2.19. The molecule has 100 valence electrons. The smallest absolute Gasteiger partial charge is 0.256 e. The highest BCUT2D eigenvalue weighted by Crippen LogP contribution is 2.21. The van der Waals surface area contributed by atoms with Crippen LogP contribution in [0.2, 0.25) is 0 Å². The van der Waals surface area contributed by atoms with Crippen molar-refractivity contribution in [3.05, 3.63) is 47.4 Å². The van der Waals surface area contributed by atoms with Crippen LogP contribution in [0.25, 0.3) is 0 Å². The van der Waals surface area contributed by atoms with Crippen molar-refractivity contribution in [2.24, 2.45) is 0 Å². The molecule has 0 unspecified atom stereocenters. The zero-order chi connectivity index (χ0) is 14.0. The van der Waals surface area contributed by atoms with Crippen LogP contribution in [0.4, 0.5) is 5.69 Å². The second kappa shape index (κ2) is 5.06. The predicted octanol–water partition coefficient (Wildman–Crippen LogP) is 2.15. The molecule has 1 aromatic heterocycles. The van der Waals surface area contributed by atoms with Crippen LogP contribution in [-0.2, 0) is 6.54 Å². The maximum Gasteiger partial charge on any atom is 0.256 e. The fourth-order valence-electron chi connectivity index (χ4n) is 1.84. The van der Waals surface area contributed by atoms with E-state index in [-0.39, 0.29) is 11.7 Å². The standard InChI is InChI=1S/C14H16N2O3/c1-9-10(5-6-19-9)8-16(2)14(18)12-7-11(17)3-4-13(12)15/h3-7,17H,8,15H2,1-2H3. The first-order valence-electron chi connectivity index (χ1n) is 5.86. The lowest BCUT2D eigenvalue weighted by Gasteiger charge is -2.18. The molecule has 1 heterocycles. The van der Waals surface area contributed by atoms with E-state index in [1.807, 2.05) is 13.0 Å². The number of benzene rings is 1. The summed E-state index contributed by atoms with van der Waals surface area (Å²) in [6.45, 7) is 2.27. The molecule has 0 fully saturated rings. The van der Waals surface area contributed by atoms with Crippen molar-refractivity contribution in [2.75, 3.05) is 12.8 Å². The van der Waals surface area contributed by atoms with Gasteiger partial charge in [0.1, 0.15) is 11.5 Å². The van der Waals surface area contributed by atoms with Gasteiger partial charge in [-0.1, -0.05) is 0 Å². The summed E-state index contributed by atoms with van der Waals surface area (Å²) in [6.07, 6.45) is 1.59. The molecule has 0 aliphatic heterocycles. The molecule has 1 amide bonds. The fraction of sp³-hybridized carbons (Fsp3) is 0.214. The molecule has 2 aromatic rings. The van der Waals surface area contributed by atoms with Gasteiger partial charge in [0.05, 0.1) is 11.8 Å². The molecule has 0 saturated heterocycles. The number of furan rings is 1. The highest BCUT2D eigenvalue weighted by atomic mass is 16.3. The third-order valence-corrected chi connectivity index (χ3v) is 2.99. The van der Waals surface area contributed by atoms with E-state index in [4.69, 9.17) is 10.2 Å². The van der Waals surface area contributed by atoms with Gasteiger partial charge in [-0.25, -0.2) is 0 Å². The third-order valence-electron chi connectivity index (χ3n) is 2.99. The summed E-state index contributed by atoms with van der Waals surface area (Å²) < 4.78 is 5.19. The molecule has 0 aliphatic carbocycles. The van der Waals surface area contributed by atoms with Gasteiger partial charge in [0, 0.05) is 24.8 Å². The molecule has 0 atom stereocenters. The molecule has 0 saturated carbocycles. The van der Waals surface area contributed by atoms with Crippen LogP contribution < -0.4 is 5.73 Å². The van der Waals surface area contributed by atoms with Gasteiger partial charge >= 0.3 is 0 Å². The molecule has 0 spiro atoms. The number of amides is 1. The lowest BCUT2D eigenvalue weighted by molar-refractivity contribution is 0.0785. The van der Waals surface area contributed by atoms with Gasteiger partial charge in [0.15, 0.2) is 0 Å². The molecule has 2 rings (SSSR count). The minimum atomic E-state index is -0.242. The SMILES string of the molecule is Cc1occc1CN(C)C(=O)c1cc(O)ccc1N. The number of carbonyl (C=O) groups is 1. The summed E-state index contributed by atoms with van der Waals surface area (Å²) in [5.74, 6) is 0.558. The van der Waals surface area contributed by atoms with E-state index < -0.39 is 0 Å². The number of phenols is 1. The first-order chi connectivity index (χ1) is 8.99. The number of carbonyl (C=O) groups excluding carboxylic acids is 1. The number of rotatable bonds is 3. The zero-order valence-electron chi connectivity index (χ0n) is 10.9. The van der Waals surface area contributed by atoms with Crippen LogP contribution >= 0.6 is 0 Å². The van der Waals surface area contributed by atoms with Gasteiger partial charge in [0.2, 0.25) is 0 Å². The van der Waals surface area contributed by atoms with Gasteiger partial charge in [-0.05, 0) is 31.2 Å². The van der Waals surface area contributed by atoms with Gasteiger partial charge < -0.3 is 20.2 Å². The van der Waals surface area contributed by atoms with Crippen molar-refractivity contribution in [2.45, 2.75) is 13.5 Å². The number of nitrogens with two attached hydrogens (primary N) is 1. The second-order valence-electron chi connectivity index (χ2n) is 4.43. The Morgan fingerprint density at radius 1 is 1.42 bits per heavy atom. The molecule has 0 bridgehead atoms. The van der Waals surface area contributed by atoms with Crippen molar-refractivity contribution < 1.29 is 14.3 Å². The van der Waals surface area contributed by atoms with E-state index in [0.717, 1.165) is 11.3 Å². The Bertz CT molecular complexity index is 604. The Morgan fingerprint density at radius 3 is 2.79 bits per heavy atom. The Kier molecular flexibility index (Phi) is 3.46. The summed E-state index contributed by atoms with van der Waals surface area (Å²) in [7, 11) is 1.68. The number of aromatic hydroxyl groups is 1. The third kappa shape index (κ3) is 2.70. The molecule has 5 nitrogen and oxygen atoms in total. The Labute approximate surface area is 111 Å². The van der Waals surface area contributed by atoms with Crippen LogP contribution in [-0.4, -0.2) is 23.0 Å². The van der Waals surface area contributed by atoms with Crippen LogP contribution in [0.1, 0.15) is 21.7 Å². The highest BCUT2D eigenvalue weighted by Gasteiger charge is 2.16. The van der Waals surface area contributed by atoms with E-state index in [9.17, 15) is 9.90 Å². The number of nitrogens with zero attached hydrogens (tertiary/aromatic N) is 1. The molecule has 0 aliphatic rings. The van der Waals surface area contributed by atoms with Crippen LogP contribution in [0, 0.1) is 6.92 Å². The largest absolute Gasteiger partial charge is 0.508 e. The summed E-state index contributed by atoms with van der Waals surface area (Å²) in [5.41, 5.74) is 7.33. The van der Waals surface area contributed by atoms with Gasteiger partial charge in [-0.3, -0.25) is 4.79 Å². The predicted molar refractivity (Wildman–Crippen MR) is 71.8 cm³/mol. The topological polar surface area (TPSA) is 79.7 Å². The van der Waals surface area contributed by atoms with Crippen LogP contribution in [0.15, 0.2) is 34.9 Å². The molecular weight excluding hydrogens is 244 g/mol. The van der Waals surface area contributed by atoms with Gasteiger partial charge in [0.25, 0.3) is 5.91 Å². The lowest BCUT2D eigenvalue weighted by Crippen LogP contribution is -2.27. The van der Waals surface area contributed by atoms with Crippen molar-refractivity contribution in [3.8, 4) is 5.75 Å². The van der Waals surface area contributed by atoms with Gasteiger partial charge in [-0.15, -0.1) is 0 Å². The summed E-state index contributed by atoms with van der Waals surface area (Å²) in [6, 6.07) is 6.16. The van der Waals surface area contributed by atoms with Crippen molar-refractivity contribution in [1.29, 1.82) is 0 Å². The van der Waals surface area contributed by atoms with Gasteiger partial charge in [-0.2, -0.15) is 0 Å². The minimum absolute atomic E-state index is 0.0189. The van der Waals surface area contributed by atoms with Crippen LogP contribution in [0.3, 0.4) is 0 Å². The average molecular weight is 260 g/mol. The van der Waals surface area contributed by atoms with E-state index in [0.29, 0.717) is 17.8 Å². The monoisotopic (exact) mass is 260 g/mol. The maximum absolute atomic E-state index is 12.3. The van der Waals surface area contributed by atoms with Crippen molar-refractivity contribution in [1.82, 2.24) is 4.90 Å². The number of nitrogen functional groups attached to an aromatic ring is 1. The first-order valence-corrected chi connectivity index (χ1v) is 5.86. The molecule has 0 radical (unpaired) electrons. The Morgan fingerprint density at radius 2 is 2.16 bits per heavy atom. The molecule has 19 heavy (non-hydrogen) atoms. The summed E-state index contributed by atoms with van der Waals surface area (Å²) >= 11 is 0. The highest BCUT2D eigenvalue weighted by molar-refractivity contribution is 5.99. The number of anilines is 1. The van der Waals surface area contributed by atoms with Crippen molar-refractivity contribution in [3.63, 3.8) is 0 Å². The minimum Gasteiger partial charge on any atom is -0.508 e. The number of hydrogen-bond donors (Lipinski definition) is 2. The van der Waals surface area contributed by atoms with E-state index in [1.165, 1.54) is 23.1 Å². The number of phenolic OH excluding ortho intramolecular Hbond substituents is 1. The summed E-state index contributed by atoms with van der Waals surface area (Å²) in [4.78, 5) is 13.8. The fourth-order valence-corrected chi connectivity index (χ4v) is 1.84. The zero-order valence-corrected chi connectivity index (χ0v) is 10.9. The lowest BCUT2D eigenvalue weighted by atomic mass is 10.1. The van der Waals surface area contributed by atoms with E-state index >= 15 is 0 Å². The molecular formula is C14H16N2O3. The summed E-state index contributed by atoms with van der Waals surface area (Å²) in [5, 5.41) is 9.43. The quantitative estimate of drug-likeness (QED) is 0.654. The second-order valence-corrected chi connectivity index (χ2v) is 4.43. The molecule has 5 heteroatoms. The number of aryl methyl sites for hydroxylation is 1. The molecule has 3 N–H and O–H groups in total. The normalized spacial score (nSPS) is 10.4. The Hall–Kier alpha value is -2.43. The van der Waals surface area contributed by atoms with Crippen molar-refractivity contribution >= 4 is 11.6 Å². The maximum atomic E-state index is 12.3. The van der Waals surface area contributed by atoms with Crippen LogP contribution in [0.5, 0.6) is 5.75 Å². The molecule has 1 aromatic carbocycles. The van der Waals surface area contributed by atoms with E-state index in [1.54, 1.807) is 13.3 Å². The van der Waals surface area contributed by atoms with E-state index in [2.05, 4.69) is 0 Å².